The highest BCUT2D eigenvalue weighted by molar-refractivity contribution is 9.10. The summed E-state index contributed by atoms with van der Waals surface area (Å²) in [6.07, 6.45) is 0. The van der Waals surface area contributed by atoms with Gasteiger partial charge in [0.2, 0.25) is 10.0 Å². The Morgan fingerprint density at radius 3 is 2.37 bits per heavy atom. The van der Waals surface area contributed by atoms with Crippen molar-refractivity contribution in [1.29, 1.82) is 0 Å². The SMILES string of the molecule is CCNCc1ccc(S(=O)(=O)NC(C)(C)C)c(Br)c1. The van der Waals surface area contributed by atoms with E-state index in [0.717, 1.165) is 18.7 Å². The molecular formula is C13H21BrN2O2S. The van der Waals surface area contributed by atoms with Crippen molar-refractivity contribution in [1.82, 2.24) is 10.0 Å². The summed E-state index contributed by atoms with van der Waals surface area (Å²) < 4.78 is 27.7. The minimum absolute atomic E-state index is 0.266. The minimum atomic E-state index is -3.50. The molecule has 0 aliphatic heterocycles. The van der Waals surface area contributed by atoms with Crippen molar-refractivity contribution in [3.8, 4) is 0 Å². The summed E-state index contributed by atoms with van der Waals surface area (Å²) in [6.45, 7) is 9.08. The van der Waals surface area contributed by atoms with Crippen LogP contribution in [0.15, 0.2) is 27.6 Å². The van der Waals surface area contributed by atoms with Crippen molar-refractivity contribution < 1.29 is 8.42 Å². The molecule has 0 aromatic heterocycles. The highest BCUT2D eigenvalue weighted by atomic mass is 79.9. The van der Waals surface area contributed by atoms with Gasteiger partial charge in [-0.05, 0) is 60.9 Å². The van der Waals surface area contributed by atoms with E-state index in [1.807, 2.05) is 39.8 Å². The number of hydrogen-bond donors (Lipinski definition) is 2. The van der Waals surface area contributed by atoms with Crippen LogP contribution in [0.5, 0.6) is 0 Å². The topological polar surface area (TPSA) is 58.2 Å². The van der Waals surface area contributed by atoms with Crippen LogP contribution in [0.2, 0.25) is 0 Å². The Morgan fingerprint density at radius 1 is 1.26 bits per heavy atom. The highest BCUT2D eigenvalue weighted by Gasteiger charge is 2.23. The van der Waals surface area contributed by atoms with E-state index in [2.05, 4.69) is 26.0 Å². The zero-order valence-corrected chi connectivity index (χ0v) is 14.2. The molecule has 0 saturated carbocycles. The predicted octanol–water partition coefficient (Wildman–Crippen LogP) is 2.64. The fraction of sp³-hybridized carbons (Fsp3) is 0.538. The second kappa shape index (κ2) is 6.35. The van der Waals surface area contributed by atoms with E-state index in [-0.39, 0.29) is 4.90 Å². The second-order valence-electron chi connectivity index (χ2n) is 5.40. The number of benzene rings is 1. The lowest BCUT2D eigenvalue weighted by Crippen LogP contribution is -2.40. The van der Waals surface area contributed by atoms with Crippen molar-refractivity contribution in [2.75, 3.05) is 6.54 Å². The van der Waals surface area contributed by atoms with Gasteiger partial charge in [-0.1, -0.05) is 13.0 Å². The second-order valence-corrected chi connectivity index (χ2v) is 7.91. The zero-order valence-electron chi connectivity index (χ0n) is 11.7. The largest absolute Gasteiger partial charge is 0.313 e. The number of rotatable bonds is 5. The smallest absolute Gasteiger partial charge is 0.242 e. The van der Waals surface area contributed by atoms with Crippen LogP contribution in [0.4, 0.5) is 0 Å². The Hall–Kier alpha value is -0.430. The van der Waals surface area contributed by atoms with Crippen LogP contribution in [-0.4, -0.2) is 20.5 Å². The number of hydrogen-bond acceptors (Lipinski definition) is 3. The van der Waals surface area contributed by atoms with Crippen LogP contribution in [0, 0.1) is 0 Å². The summed E-state index contributed by atoms with van der Waals surface area (Å²) in [6, 6.07) is 5.29. The Labute approximate surface area is 124 Å². The average molecular weight is 349 g/mol. The van der Waals surface area contributed by atoms with E-state index in [0.29, 0.717) is 4.47 Å². The maximum absolute atomic E-state index is 12.2. The van der Waals surface area contributed by atoms with Gasteiger partial charge >= 0.3 is 0 Å². The Kier molecular flexibility index (Phi) is 5.55. The molecule has 19 heavy (non-hydrogen) atoms. The molecule has 2 N–H and O–H groups in total. The first-order chi connectivity index (χ1) is 8.65. The van der Waals surface area contributed by atoms with Gasteiger partial charge in [0, 0.05) is 16.6 Å². The molecule has 1 rings (SSSR count). The van der Waals surface area contributed by atoms with E-state index in [1.165, 1.54) is 0 Å². The van der Waals surface area contributed by atoms with Crippen LogP contribution < -0.4 is 10.0 Å². The number of sulfonamides is 1. The molecule has 0 atom stereocenters. The van der Waals surface area contributed by atoms with E-state index in [4.69, 9.17) is 0 Å². The van der Waals surface area contributed by atoms with E-state index >= 15 is 0 Å². The average Bonchev–Trinajstić information content (AvgIpc) is 2.22. The fourth-order valence-corrected chi connectivity index (χ4v) is 4.14. The Balaban J connectivity index is 3.02. The van der Waals surface area contributed by atoms with Gasteiger partial charge in [-0.25, -0.2) is 13.1 Å². The lowest BCUT2D eigenvalue weighted by molar-refractivity contribution is 0.491. The maximum Gasteiger partial charge on any atom is 0.242 e. The van der Waals surface area contributed by atoms with Gasteiger partial charge < -0.3 is 5.32 Å². The molecule has 6 heteroatoms. The van der Waals surface area contributed by atoms with Crippen LogP contribution in [0.3, 0.4) is 0 Å². The molecule has 0 radical (unpaired) electrons. The van der Waals surface area contributed by atoms with Gasteiger partial charge in [0.15, 0.2) is 0 Å². The first-order valence-corrected chi connectivity index (χ1v) is 8.46. The van der Waals surface area contributed by atoms with Gasteiger partial charge in [-0.15, -0.1) is 0 Å². The molecule has 0 aliphatic rings. The van der Waals surface area contributed by atoms with Crippen molar-refractivity contribution in [2.24, 2.45) is 0 Å². The quantitative estimate of drug-likeness (QED) is 0.859. The molecular weight excluding hydrogens is 328 g/mol. The first-order valence-electron chi connectivity index (χ1n) is 6.19. The van der Waals surface area contributed by atoms with Crippen molar-refractivity contribution >= 4 is 26.0 Å². The van der Waals surface area contributed by atoms with Gasteiger partial charge in [0.05, 0.1) is 4.90 Å². The van der Waals surface area contributed by atoms with Gasteiger partial charge in [-0.3, -0.25) is 0 Å². The summed E-state index contributed by atoms with van der Waals surface area (Å²) in [5, 5.41) is 3.20. The van der Waals surface area contributed by atoms with Crippen LogP contribution in [-0.2, 0) is 16.6 Å². The van der Waals surface area contributed by atoms with E-state index in [9.17, 15) is 8.42 Å². The third-order valence-electron chi connectivity index (χ3n) is 2.31. The van der Waals surface area contributed by atoms with Crippen LogP contribution in [0.25, 0.3) is 0 Å². The minimum Gasteiger partial charge on any atom is -0.313 e. The van der Waals surface area contributed by atoms with Crippen molar-refractivity contribution in [2.45, 2.75) is 44.7 Å². The third-order valence-corrected chi connectivity index (χ3v) is 5.04. The summed E-state index contributed by atoms with van der Waals surface area (Å²) >= 11 is 3.34. The predicted molar refractivity (Wildman–Crippen MR) is 81.6 cm³/mol. The van der Waals surface area contributed by atoms with Crippen LogP contribution in [0.1, 0.15) is 33.3 Å². The third kappa shape index (κ3) is 5.22. The molecule has 1 aromatic carbocycles. The molecule has 0 fully saturated rings. The molecule has 0 heterocycles. The Bertz CT molecular complexity index is 536. The van der Waals surface area contributed by atoms with Gasteiger partial charge in [0.1, 0.15) is 0 Å². The van der Waals surface area contributed by atoms with E-state index < -0.39 is 15.6 Å². The summed E-state index contributed by atoms with van der Waals surface area (Å²) in [5.74, 6) is 0. The van der Waals surface area contributed by atoms with Crippen molar-refractivity contribution in [3.63, 3.8) is 0 Å². The zero-order chi connectivity index (χ0) is 14.7. The molecule has 0 bridgehead atoms. The summed E-state index contributed by atoms with van der Waals surface area (Å²) in [4.78, 5) is 0.266. The van der Waals surface area contributed by atoms with Crippen LogP contribution >= 0.6 is 15.9 Å². The molecule has 4 nitrogen and oxygen atoms in total. The number of nitrogens with one attached hydrogen (secondary N) is 2. The molecule has 1 aromatic rings. The first kappa shape index (κ1) is 16.6. The van der Waals surface area contributed by atoms with Crippen molar-refractivity contribution in [3.05, 3.63) is 28.2 Å². The summed E-state index contributed by atoms with van der Waals surface area (Å²) in [7, 11) is -3.50. The summed E-state index contributed by atoms with van der Waals surface area (Å²) in [5.41, 5.74) is 0.546. The fourth-order valence-electron chi connectivity index (χ4n) is 1.60. The lowest BCUT2D eigenvalue weighted by Gasteiger charge is -2.21. The lowest BCUT2D eigenvalue weighted by atomic mass is 10.1. The maximum atomic E-state index is 12.2. The molecule has 0 amide bonds. The molecule has 0 unspecified atom stereocenters. The molecule has 0 spiro atoms. The van der Waals surface area contributed by atoms with E-state index in [1.54, 1.807) is 6.07 Å². The Morgan fingerprint density at radius 2 is 1.89 bits per heavy atom. The molecule has 108 valence electrons. The highest BCUT2D eigenvalue weighted by Crippen LogP contribution is 2.24. The molecule has 0 saturated heterocycles. The standard InChI is InChI=1S/C13H21BrN2O2S/c1-5-15-9-10-6-7-12(11(14)8-10)19(17,18)16-13(2,3)4/h6-8,15-16H,5,9H2,1-4H3. The number of halogens is 1. The normalized spacial score (nSPS) is 12.7. The monoisotopic (exact) mass is 348 g/mol. The van der Waals surface area contributed by atoms with Gasteiger partial charge in [0.25, 0.3) is 0 Å². The van der Waals surface area contributed by atoms with Gasteiger partial charge in [-0.2, -0.15) is 0 Å². The molecule has 0 aliphatic carbocycles.